The van der Waals surface area contributed by atoms with Crippen LogP contribution < -0.4 is 5.32 Å². The van der Waals surface area contributed by atoms with Gasteiger partial charge >= 0.3 is 0 Å². The van der Waals surface area contributed by atoms with Gasteiger partial charge in [0.1, 0.15) is 6.26 Å². The van der Waals surface area contributed by atoms with Gasteiger partial charge in [-0.15, -0.1) is 0 Å². The Bertz CT molecular complexity index is 211. The van der Waals surface area contributed by atoms with Crippen LogP contribution in [0.15, 0.2) is 16.9 Å². The SMILES string of the molecule is CCOCC(C)NCc1ccon1. The fourth-order valence-electron chi connectivity index (χ4n) is 0.961. The van der Waals surface area contributed by atoms with Crippen LogP contribution in [0.4, 0.5) is 0 Å². The first kappa shape index (κ1) is 10.2. The maximum atomic E-state index is 5.26. The summed E-state index contributed by atoms with van der Waals surface area (Å²) in [5, 5.41) is 7.06. The van der Waals surface area contributed by atoms with Crippen molar-refractivity contribution >= 4 is 0 Å². The fourth-order valence-corrected chi connectivity index (χ4v) is 0.961. The van der Waals surface area contributed by atoms with Crippen molar-refractivity contribution in [3.63, 3.8) is 0 Å². The molecular weight excluding hydrogens is 168 g/mol. The van der Waals surface area contributed by atoms with Crippen molar-refractivity contribution in [3.05, 3.63) is 18.0 Å². The summed E-state index contributed by atoms with van der Waals surface area (Å²) in [4.78, 5) is 0. The molecule has 1 N–H and O–H groups in total. The van der Waals surface area contributed by atoms with Crippen LogP contribution >= 0.6 is 0 Å². The zero-order chi connectivity index (χ0) is 9.52. The molecule has 0 aliphatic heterocycles. The summed E-state index contributed by atoms with van der Waals surface area (Å²) in [6, 6.07) is 2.19. The lowest BCUT2D eigenvalue weighted by Gasteiger charge is -2.11. The first-order valence-corrected chi connectivity index (χ1v) is 4.53. The van der Waals surface area contributed by atoms with E-state index >= 15 is 0 Å². The van der Waals surface area contributed by atoms with Crippen molar-refractivity contribution in [2.45, 2.75) is 26.4 Å². The number of ether oxygens (including phenoxy) is 1. The van der Waals surface area contributed by atoms with Gasteiger partial charge in [-0.3, -0.25) is 0 Å². The molecule has 13 heavy (non-hydrogen) atoms. The van der Waals surface area contributed by atoms with Crippen LogP contribution in [-0.2, 0) is 11.3 Å². The Morgan fingerprint density at radius 3 is 3.15 bits per heavy atom. The molecule has 0 aliphatic carbocycles. The Hall–Kier alpha value is -0.870. The van der Waals surface area contributed by atoms with E-state index in [0.29, 0.717) is 6.04 Å². The summed E-state index contributed by atoms with van der Waals surface area (Å²) in [6.45, 7) is 6.29. The first-order chi connectivity index (χ1) is 6.33. The van der Waals surface area contributed by atoms with E-state index in [0.717, 1.165) is 25.5 Å². The lowest BCUT2D eigenvalue weighted by atomic mass is 10.3. The molecule has 1 rings (SSSR count). The molecule has 0 radical (unpaired) electrons. The topological polar surface area (TPSA) is 47.3 Å². The van der Waals surface area contributed by atoms with E-state index in [4.69, 9.17) is 9.26 Å². The molecule has 1 aromatic heterocycles. The van der Waals surface area contributed by atoms with Gasteiger partial charge in [0.2, 0.25) is 0 Å². The van der Waals surface area contributed by atoms with E-state index in [1.54, 1.807) is 6.26 Å². The van der Waals surface area contributed by atoms with Gasteiger partial charge in [0.05, 0.1) is 12.3 Å². The minimum atomic E-state index is 0.344. The van der Waals surface area contributed by atoms with Crippen molar-refractivity contribution in [2.24, 2.45) is 0 Å². The maximum absolute atomic E-state index is 5.26. The second-order valence-electron chi connectivity index (χ2n) is 2.93. The standard InChI is InChI=1S/C9H16N2O2/c1-3-12-7-8(2)10-6-9-4-5-13-11-9/h4-5,8,10H,3,6-7H2,1-2H3. The quantitative estimate of drug-likeness (QED) is 0.721. The molecule has 0 bridgehead atoms. The highest BCUT2D eigenvalue weighted by Crippen LogP contribution is 1.94. The average Bonchev–Trinajstić information content (AvgIpc) is 2.64. The third kappa shape index (κ3) is 4.05. The summed E-state index contributed by atoms with van der Waals surface area (Å²) in [5.74, 6) is 0. The van der Waals surface area contributed by atoms with Crippen molar-refractivity contribution < 1.29 is 9.26 Å². The van der Waals surface area contributed by atoms with E-state index in [2.05, 4.69) is 17.4 Å². The average molecular weight is 184 g/mol. The summed E-state index contributed by atoms with van der Waals surface area (Å²) in [5.41, 5.74) is 0.920. The third-order valence-electron chi connectivity index (χ3n) is 1.69. The number of nitrogens with zero attached hydrogens (tertiary/aromatic N) is 1. The van der Waals surface area contributed by atoms with Crippen LogP contribution in [0.3, 0.4) is 0 Å². The molecule has 0 aliphatic rings. The molecule has 1 aromatic rings. The maximum Gasteiger partial charge on any atom is 0.124 e. The van der Waals surface area contributed by atoms with Gasteiger partial charge in [-0.2, -0.15) is 0 Å². The lowest BCUT2D eigenvalue weighted by molar-refractivity contribution is 0.127. The van der Waals surface area contributed by atoms with Crippen LogP contribution in [0.25, 0.3) is 0 Å². The lowest BCUT2D eigenvalue weighted by Crippen LogP contribution is -2.30. The van der Waals surface area contributed by atoms with Gasteiger partial charge in [-0.05, 0) is 13.8 Å². The van der Waals surface area contributed by atoms with Gasteiger partial charge in [0.15, 0.2) is 0 Å². The smallest absolute Gasteiger partial charge is 0.124 e. The highest BCUT2D eigenvalue weighted by atomic mass is 16.5. The Morgan fingerprint density at radius 2 is 2.54 bits per heavy atom. The molecule has 0 amide bonds. The molecule has 0 spiro atoms. The number of hydrogen-bond donors (Lipinski definition) is 1. The molecule has 0 saturated heterocycles. The van der Waals surface area contributed by atoms with Crippen LogP contribution in [0, 0.1) is 0 Å². The molecule has 74 valence electrons. The van der Waals surface area contributed by atoms with Crippen LogP contribution in [0.1, 0.15) is 19.5 Å². The normalized spacial score (nSPS) is 13.1. The summed E-state index contributed by atoms with van der Waals surface area (Å²) >= 11 is 0. The Balaban J connectivity index is 2.11. The Labute approximate surface area is 78.2 Å². The van der Waals surface area contributed by atoms with Crippen molar-refractivity contribution in [2.75, 3.05) is 13.2 Å². The summed E-state index contributed by atoms with van der Waals surface area (Å²) in [6.07, 6.45) is 1.57. The monoisotopic (exact) mass is 184 g/mol. The highest BCUT2D eigenvalue weighted by molar-refractivity contribution is 4.94. The number of rotatable bonds is 6. The Kier molecular flexibility index (Phi) is 4.49. The molecule has 1 atom stereocenters. The van der Waals surface area contributed by atoms with E-state index < -0.39 is 0 Å². The Morgan fingerprint density at radius 1 is 1.69 bits per heavy atom. The van der Waals surface area contributed by atoms with Crippen molar-refractivity contribution in [1.82, 2.24) is 10.5 Å². The van der Waals surface area contributed by atoms with Gasteiger partial charge in [0.25, 0.3) is 0 Å². The second kappa shape index (κ2) is 5.72. The molecular formula is C9H16N2O2. The fraction of sp³-hybridized carbons (Fsp3) is 0.667. The summed E-state index contributed by atoms with van der Waals surface area (Å²) in [7, 11) is 0. The second-order valence-corrected chi connectivity index (χ2v) is 2.93. The van der Waals surface area contributed by atoms with E-state index in [9.17, 15) is 0 Å². The molecule has 1 unspecified atom stereocenters. The highest BCUT2D eigenvalue weighted by Gasteiger charge is 2.02. The first-order valence-electron chi connectivity index (χ1n) is 4.53. The van der Waals surface area contributed by atoms with E-state index in [1.807, 2.05) is 13.0 Å². The number of nitrogens with one attached hydrogen (secondary N) is 1. The molecule has 1 heterocycles. The predicted octanol–water partition coefficient (Wildman–Crippen LogP) is 1.19. The molecule has 4 heteroatoms. The molecule has 4 nitrogen and oxygen atoms in total. The van der Waals surface area contributed by atoms with Gasteiger partial charge in [0, 0.05) is 25.3 Å². The van der Waals surface area contributed by atoms with Gasteiger partial charge in [-0.25, -0.2) is 0 Å². The van der Waals surface area contributed by atoms with E-state index in [1.165, 1.54) is 0 Å². The largest absolute Gasteiger partial charge is 0.380 e. The van der Waals surface area contributed by atoms with E-state index in [-0.39, 0.29) is 0 Å². The third-order valence-corrected chi connectivity index (χ3v) is 1.69. The van der Waals surface area contributed by atoms with Crippen LogP contribution in [0.5, 0.6) is 0 Å². The zero-order valence-electron chi connectivity index (χ0n) is 8.12. The summed E-state index contributed by atoms with van der Waals surface area (Å²) < 4.78 is 9.97. The minimum absolute atomic E-state index is 0.344. The van der Waals surface area contributed by atoms with Crippen LogP contribution in [-0.4, -0.2) is 24.4 Å². The molecule has 0 fully saturated rings. The van der Waals surface area contributed by atoms with Gasteiger partial charge in [-0.1, -0.05) is 5.16 Å². The zero-order valence-corrected chi connectivity index (χ0v) is 8.12. The van der Waals surface area contributed by atoms with Crippen molar-refractivity contribution in [3.8, 4) is 0 Å². The molecule has 0 aromatic carbocycles. The predicted molar refractivity (Wildman–Crippen MR) is 49.3 cm³/mol. The van der Waals surface area contributed by atoms with Crippen LogP contribution in [0.2, 0.25) is 0 Å². The van der Waals surface area contributed by atoms with Gasteiger partial charge < -0.3 is 14.6 Å². The number of hydrogen-bond acceptors (Lipinski definition) is 4. The molecule has 0 saturated carbocycles. The minimum Gasteiger partial charge on any atom is -0.380 e. The van der Waals surface area contributed by atoms with Crippen molar-refractivity contribution in [1.29, 1.82) is 0 Å². The number of aromatic nitrogens is 1.